The number of nitrogens with one attached hydrogen (secondary N) is 2. The van der Waals surface area contributed by atoms with Crippen molar-refractivity contribution in [2.24, 2.45) is 0 Å². The number of aromatic carboxylic acids is 2. The highest BCUT2D eigenvalue weighted by molar-refractivity contribution is 6.11. The minimum Gasteiger partial charge on any atom is -0.478 e. The predicted molar refractivity (Wildman–Crippen MR) is 222 cm³/mol. The number of carboxylic acid groups (broad SMARTS) is 2. The molecular formula is C46H38F18N2O8. The van der Waals surface area contributed by atoms with Crippen LogP contribution in [0.3, 0.4) is 0 Å². The average molecular weight is 1090 g/mol. The summed E-state index contributed by atoms with van der Waals surface area (Å²) in [4.78, 5) is 51.2. The first-order chi connectivity index (χ1) is 33.0. The Balaban J connectivity index is 2.13. The summed E-state index contributed by atoms with van der Waals surface area (Å²) in [6.07, 6.45) is -40.4. The summed E-state index contributed by atoms with van der Waals surface area (Å²) in [5.74, 6) is -8.37. The van der Waals surface area contributed by atoms with Crippen LogP contribution in [0.1, 0.15) is 115 Å². The van der Waals surface area contributed by atoms with Gasteiger partial charge in [0.1, 0.15) is 0 Å². The zero-order valence-corrected chi connectivity index (χ0v) is 38.6. The lowest BCUT2D eigenvalue weighted by atomic mass is 9.71. The van der Waals surface area contributed by atoms with Crippen molar-refractivity contribution >= 4 is 29.4 Å². The van der Waals surface area contributed by atoms with E-state index < -0.39 is 173 Å². The number of halogens is 18. The van der Waals surface area contributed by atoms with Crippen LogP contribution in [0.25, 0.3) is 11.1 Å². The first-order valence-corrected chi connectivity index (χ1v) is 20.6. The molecule has 0 aromatic heterocycles. The maximum atomic E-state index is 15.2. The Kier molecular flexibility index (Phi) is 15.4. The smallest absolute Gasteiger partial charge is 0.430 e. The molecule has 0 saturated heterocycles. The van der Waals surface area contributed by atoms with Crippen LogP contribution in [0, 0.1) is 13.8 Å². The molecule has 28 heteroatoms. The van der Waals surface area contributed by atoms with E-state index in [0.29, 0.717) is 6.07 Å². The maximum absolute atomic E-state index is 15.2. The lowest BCUT2D eigenvalue weighted by molar-refractivity contribution is -0.376. The maximum Gasteiger partial charge on any atom is 0.430 e. The third kappa shape index (κ3) is 10.2. The number of rotatable bonds is 11. The first kappa shape index (κ1) is 60.0. The van der Waals surface area contributed by atoms with Crippen molar-refractivity contribution in [3.05, 3.63) is 122 Å². The molecule has 0 unspecified atom stereocenters. The molecule has 4 aromatic rings. The molecule has 74 heavy (non-hydrogen) atoms. The molecule has 4 rings (SSSR count). The summed E-state index contributed by atoms with van der Waals surface area (Å²) in [5, 5.41) is 44.5. The lowest BCUT2D eigenvalue weighted by Crippen LogP contribution is -2.55. The topological polar surface area (TPSA) is 173 Å². The Hall–Kier alpha value is -6.58. The third-order valence-corrected chi connectivity index (χ3v) is 11.6. The van der Waals surface area contributed by atoms with E-state index in [0.717, 1.165) is 34.6 Å². The molecule has 0 saturated carbocycles. The van der Waals surface area contributed by atoms with E-state index in [4.69, 9.17) is 0 Å². The van der Waals surface area contributed by atoms with Gasteiger partial charge in [0.25, 0.3) is 23.0 Å². The third-order valence-electron chi connectivity index (χ3n) is 11.6. The van der Waals surface area contributed by atoms with Gasteiger partial charge in [-0.3, -0.25) is 9.59 Å². The van der Waals surface area contributed by atoms with Crippen molar-refractivity contribution < 1.29 is 119 Å². The van der Waals surface area contributed by atoms with Gasteiger partial charge in [-0.2, -0.15) is 79.0 Å². The van der Waals surface area contributed by atoms with Crippen LogP contribution in [-0.2, 0) is 22.0 Å². The summed E-state index contributed by atoms with van der Waals surface area (Å²) in [6, 6.07) is -1.08. The molecule has 0 aliphatic heterocycles. The first-order valence-electron chi connectivity index (χ1n) is 20.6. The second-order valence-corrected chi connectivity index (χ2v) is 18.0. The minimum atomic E-state index is -6.94. The SMILES string of the molecule is Cc1cc(NC(=O)c2ccc(C(c3ccc(C(=O)NC(C)C)c(C(=O)O)c3)(C(F)(F)F)C(F)(F)F)cc2C(=O)O)c(C(O)(C(F)(F)F)C(F)(F)F)cc1-c1cc(C(O)(C(F)(F)F)C(F)(F)F)c(C(C)(C)C)cc1C. The van der Waals surface area contributed by atoms with E-state index in [-0.39, 0.29) is 48.5 Å². The quantitative estimate of drug-likeness (QED) is 0.0805. The number of amides is 2. The number of carboxylic acids is 2. The predicted octanol–water partition coefficient (Wildman–Crippen LogP) is 12.1. The van der Waals surface area contributed by atoms with Gasteiger partial charge in [-0.25, -0.2) is 9.59 Å². The van der Waals surface area contributed by atoms with Crippen molar-refractivity contribution in [1.82, 2.24) is 5.32 Å². The minimum absolute atomic E-state index is 0.0216. The Morgan fingerprint density at radius 3 is 1.15 bits per heavy atom. The largest absolute Gasteiger partial charge is 0.478 e. The fraction of sp³-hybridized carbons (Fsp3) is 0.391. The van der Waals surface area contributed by atoms with Gasteiger partial charge in [0, 0.05) is 22.9 Å². The van der Waals surface area contributed by atoms with Crippen LogP contribution in [0.5, 0.6) is 0 Å². The zero-order chi connectivity index (χ0) is 57.5. The van der Waals surface area contributed by atoms with E-state index in [1.165, 1.54) is 19.2 Å². The second-order valence-electron chi connectivity index (χ2n) is 18.0. The van der Waals surface area contributed by atoms with Crippen molar-refractivity contribution in [2.45, 2.75) is 114 Å². The molecule has 0 atom stereocenters. The van der Waals surface area contributed by atoms with Gasteiger partial charge in [-0.15, -0.1) is 0 Å². The number of hydrogen-bond acceptors (Lipinski definition) is 6. The fourth-order valence-electron chi connectivity index (χ4n) is 8.07. The molecule has 6 N–H and O–H groups in total. The standard InChI is InChI=1S/C46H38F18N2O8/c1-18(2)65-33(67)23-10-8-21(14-27(23)35(69)70)38(41(47,48)49,42(50,51)52)22-9-11-24(28(15-22)36(71)72)34(68)66-32-13-20(4)26(17-31(32)40(74,45(59,60)61)46(62,63)64)25-16-30(29(12-19(25)3)37(5,6)7)39(73,43(53,54)55)44(56,57)58/h8-18,73-74H,1-7H3,(H,65,67)(H,66,68)(H,69,70)(H,71,72). The number of carbonyl (C=O) groups is 4. The van der Waals surface area contributed by atoms with Gasteiger partial charge in [-0.05, 0) is 115 Å². The number of alkyl halides is 18. The number of aliphatic hydroxyl groups is 2. The molecule has 0 fully saturated rings. The second kappa shape index (κ2) is 19.0. The van der Waals surface area contributed by atoms with Gasteiger partial charge in [-0.1, -0.05) is 39.0 Å². The van der Waals surface area contributed by atoms with Gasteiger partial charge in [0.15, 0.2) is 0 Å². The van der Waals surface area contributed by atoms with Crippen molar-refractivity contribution in [3.8, 4) is 11.1 Å². The van der Waals surface area contributed by atoms with Gasteiger partial charge >= 0.3 is 49.0 Å². The highest BCUT2D eigenvalue weighted by Gasteiger charge is 2.75. The summed E-state index contributed by atoms with van der Waals surface area (Å²) < 4.78 is 265. The Morgan fingerprint density at radius 1 is 0.459 bits per heavy atom. The van der Waals surface area contributed by atoms with Crippen LogP contribution < -0.4 is 10.6 Å². The lowest BCUT2D eigenvalue weighted by Gasteiger charge is -2.38. The zero-order valence-electron chi connectivity index (χ0n) is 38.6. The number of hydrogen-bond donors (Lipinski definition) is 6. The summed E-state index contributed by atoms with van der Waals surface area (Å²) >= 11 is 0. The molecule has 4 aromatic carbocycles. The highest BCUT2D eigenvalue weighted by atomic mass is 19.4. The van der Waals surface area contributed by atoms with Crippen LogP contribution in [-0.4, -0.2) is 87.3 Å². The van der Waals surface area contributed by atoms with Crippen LogP contribution >= 0.6 is 0 Å². The number of aryl methyl sites for hydroxylation is 2. The molecule has 0 bridgehead atoms. The van der Waals surface area contributed by atoms with Crippen LogP contribution in [0.15, 0.2) is 60.7 Å². The molecule has 0 aliphatic rings. The molecule has 0 spiro atoms. The molecule has 10 nitrogen and oxygen atoms in total. The molecule has 0 radical (unpaired) electrons. The monoisotopic (exact) mass is 1090 g/mol. The summed E-state index contributed by atoms with van der Waals surface area (Å²) in [5.41, 5.74) is -40.0. The van der Waals surface area contributed by atoms with Gasteiger partial charge in [0.05, 0.1) is 22.3 Å². The molecular weight excluding hydrogens is 1050 g/mol. The van der Waals surface area contributed by atoms with Crippen molar-refractivity contribution in [1.29, 1.82) is 0 Å². The normalized spacial score (nSPS) is 13.8. The van der Waals surface area contributed by atoms with Crippen LogP contribution in [0.2, 0.25) is 0 Å². The van der Waals surface area contributed by atoms with E-state index in [9.17, 15) is 92.3 Å². The van der Waals surface area contributed by atoms with Crippen molar-refractivity contribution in [2.75, 3.05) is 5.32 Å². The average Bonchev–Trinajstić information content (AvgIpc) is 3.20. The van der Waals surface area contributed by atoms with Gasteiger partial charge in [0.2, 0.25) is 5.41 Å². The highest BCUT2D eigenvalue weighted by Crippen LogP contribution is 2.58. The fourth-order valence-corrected chi connectivity index (χ4v) is 8.07. The van der Waals surface area contributed by atoms with Crippen molar-refractivity contribution in [3.63, 3.8) is 0 Å². The number of anilines is 1. The molecule has 0 heterocycles. The molecule has 0 aliphatic carbocycles. The molecule has 2 amide bonds. The Morgan fingerprint density at radius 2 is 0.811 bits per heavy atom. The summed E-state index contributed by atoms with van der Waals surface area (Å²) in [7, 11) is 0. The van der Waals surface area contributed by atoms with E-state index in [2.05, 4.69) is 5.32 Å². The summed E-state index contributed by atoms with van der Waals surface area (Å²) in [6.45, 7) is 7.56. The Labute approximate surface area is 405 Å². The Bertz CT molecular complexity index is 2850. The number of benzene rings is 4. The van der Waals surface area contributed by atoms with Gasteiger partial charge < -0.3 is 31.1 Å². The van der Waals surface area contributed by atoms with E-state index >= 15 is 26.3 Å². The van der Waals surface area contributed by atoms with E-state index in [1.54, 1.807) is 0 Å². The number of carbonyl (C=O) groups excluding carboxylic acids is 2. The molecule has 406 valence electrons. The van der Waals surface area contributed by atoms with E-state index in [1.807, 2.05) is 0 Å². The van der Waals surface area contributed by atoms with Crippen LogP contribution in [0.4, 0.5) is 84.7 Å².